The normalized spacial score (nSPS) is 10.9. The van der Waals surface area contributed by atoms with Gasteiger partial charge < -0.3 is 9.47 Å². The third-order valence-corrected chi connectivity index (χ3v) is 2.22. The average Bonchev–Trinajstić information content (AvgIpc) is 2.28. The molecule has 0 spiro atoms. The Kier molecular flexibility index (Phi) is 4.62. The van der Waals surface area contributed by atoms with Crippen molar-refractivity contribution in [3.05, 3.63) is 17.3 Å². The first kappa shape index (κ1) is 14.4. The van der Waals surface area contributed by atoms with Gasteiger partial charge in [0.15, 0.2) is 0 Å². The zero-order valence-corrected chi connectivity index (χ0v) is 9.97. The van der Waals surface area contributed by atoms with Crippen LogP contribution >= 0.6 is 11.6 Å². The van der Waals surface area contributed by atoms with Gasteiger partial charge in [-0.25, -0.2) is 4.98 Å². The predicted molar refractivity (Wildman–Crippen MR) is 56.3 cm³/mol. The Labute approximate surface area is 106 Å². The second-order valence-electron chi connectivity index (χ2n) is 3.10. The van der Waals surface area contributed by atoms with E-state index < -0.39 is 12.2 Å². The Balaban J connectivity index is 3.22. The first-order valence-electron chi connectivity index (χ1n) is 4.66. The van der Waals surface area contributed by atoms with Gasteiger partial charge in [0.2, 0.25) is 5.88 Å². The lowest BCUT2D eigenvalue weighted by Gasteiger charge is -2.13. The van der Waals surface area contributed by atoms with Gasteiger partial charge in [0.1, 0.15) is 5.75 Å². The van der Waals surface area contributed by atoms with Crippen LogP contribution in [0, 0.1) is 11.3 Å². The van der Waals surface area contributed by atoms with Gasteiger partial charge in [-0.05, 0) is 0 Å². The molecule has 0 N–H and O–H groups in total. The minimum absolute atomic E-state index is 0.0650. The van der Waals surface area contributed by atoms with Gasteiger partial charge in [0.25, 0.3) is 0 Å². The minimum atomic E-state index is -4.85. The molecule has 0 radical (unpaired) electrons. The van der Waals surface area contributed by atoms with Gasteiger partial charge >= 0.3 is 6.36 Å². The highest BCUT2D eigenvalue weighted by Gasteiger charge is 2.32. The van der Waals surface area contributed by atoms with E-state index in [-0.39, 0.29) is 23.7 Å². The van der Waals surface area contributed by atoms with E-state index in [0.29, 0.717) is 5.56 Å². The quantitative estimate of drug-likeness (QED) is 0.796. The van der Waals surface area contributed by atoms with Crippen LogP contribution in [-0.2, 0) is 12.3 Å². The molecule has 1 aromatic rings. The van der Waals surface area contributed by atoms with Crippen molar-refractivity contribution in [1.29, 1.82) is 5.26 Å². The van der Waals surface area contributed by atoms with Crippen molar-refractivity contribution in [2.45, 2.75) is 18.7 Å². The molecule has 0 saturated heterocycles. The van der Waals surface area contributed by atoms with Gasteiger partial charge in [-0.15, -0.1) is 24.8 Å². The highest BCUT2D eigenvalue weighted by atomic mass is 35.5. The van der Waals surface area contributed by atoms with E-state index in [4.69, 9.17) is 21.6 Å². The highest BCUT2D eigenvalue weighted by Crippen LogP contribution is 2.30. The van der Waals surface area contributed by atoms with Crippen LogP contribution in [0.4, 0.5) is 13.2 Å². The summed E-state index contributed by atoms with van der Waals surface area (Å²) in [5.41, 5.74) is 0.473. The molecule has 1 heterocycles. The number of rotatable bonds is 4. The second kappa shape index (κ2) is 5.78. The molecule has 98 valence electrons. The fourth-order valence-corrected chi connectivity index (χ4v) is 1.53. The molecule has 0 aliphatic carbocycles. The number of halogens is 4. The summed E-state index contributed by atoms with van der Waals surface area (Å²) in [4.78, 5) is 3.60. The Bertz CT molecular complexity index is 446. The predicted octanol–water partition coefficient (Wildman–Crippen LogP) is 2.79. The molecule has 0 unspecified atom stereocenters. The molecule has 4 nitrogen and oxygen atoms in total. The molecule has 0 aliphatic rings. The highest BCUT2D eigenvalue weighted by molar-refractivity contribution is 6.17. The molecule has 0 bridgehead atoms. The maximum absolute atomic E-state index is 12.1. The van der Waals surface area contributed by atoms with Crippen LogP contribution in [0.25, 0.3) is 0 Å². The number of hydrogen-bond acceptors (Lipinski definition) is 4. The molecular formula is C10H8ClF3N2O2. The SMILES string of the molecule is COc1cc(OC(F)(F)F)nc(CCl)c1CC#N. The number of aromatic nitrogens is 1. The van der Waals surface area contributed by atoms with E-state index in [1.807, 2.05) is 6.07 Å². The third kappa shape index (κ3) is 3.67. The van der Waals surface area contributed by atoms with Crippen LogP contribution in [0.2, 0.25) is 0 Å². The van der Waals surface area contributed by atoms with Crippen LogP contribution in [0.15, 0.2) is 6.07 Å². The Morgan fingerprint density at radius 1 is 1.50 bits per heavy atom. The van der Waals surface area contributed by atoms with Crippen molar-refractivity contribution in [3.63, 3.8) is 0 Å². The number of alkyl halides is 4. The molecule has 0 aromatic carbocycles. The van der Waals surface area contributed by atoms with Gasteiger partial charge in [0.05, 0.1) is 31.2 Å². The summed E-state index contributed by atoms with van der Waals surface area (Å²) < 4.78 is 44.8. The van der Waals surface area contributed by atoms with E-state index in [2.05, 4.69) is 9.72 Å². The molecule has 0 atom stereocenters. The number of nitriles is 1. The molecule has 0 saturated carbocycles. The number of nitrogens with zero attached hydrogens (tertiary/aromatic N) is 2. The van der Waals surface area contributed by atoms with E-state index in [0.717, 1.165) is 6.07 Å². The zero-order valence-electron chi connectivity index (χ0n) is 9.21. The minimum Gasteiger partial charge on any atom is -0.496 e. The summed E-state index contributed by atoms with van der Waals surface area (Å²) in [7, 11) is 1.27. The fourth-order valence-electron chi connectivity index (χ4n) is 1.31. The number of hydrogen-bond donors (Lipinski definition) is 0. The van der Waals surface area contributed by atoms with Crippen LogP contribution in [-0.4, -0.2) is 18.5 Å². The number of methoxy groups -OCH3 is 1. The molecular weight excluding hydrogens is 273 g/mol. The lowest BCUT2D eigenvalue weighted by Crippen LogP contribution is -2.18. The molecule has 0 fully saturated rings. The average molecular weight is 281 g/mol. The summed E-state index contributed by atoms with van der Waals surface area (Å²) in [5.74, 6) is -0.735. The fraction of sp³-hybridized carbons (Fsp3) is 0.400. The standard InChI is InChI=1S/C10H8ClF3N2O2/c1-17-8-4-9(18-10(12,13)14)16-7(5-11)6(8)2-3-15/h4H,2,5H2,1H3. The van der Waals surface area contributed by atoms with Crippen molar-refractivity contribution in [2.24, 2.45) is 0 Å². The largest absolute Gasteiger partial charge is 0.574 e. The van der Waals surface area contributed by atoms with E-state index in [9.17, 15) is 13.2 Å². The molecule has 1 rings (SSSR count). The summed E-state index contributed by atoms with van der Waals surface area (Å²) in [5, 5.41) is 8.63. The number of ether oxygens (including phenoxy) is 2. The monoisotopic (exact) mass is 280 g/mol. The summed E-state index contributed by atoms with van der Waals surface area (Å²) in [6.07, 6.45) is -4.91. The second-order valence-corrected chi connectivity index (χ2v) is 3.37. The summed E-state index contributed by atoms with van der Waals surface area (Å²) in [6.45, 7) is 0. The molecule has 0 aliphatic heterocycles. The zero-order chi connectivity index (χ0) is 13.8. The molecule has 18 heavy (non-hydrogen) atoms. The van der Waals surface area contributed by atoms with E-state index >= 15 is 0 Å². The van der Waals surface area contributed by atoms with Gasteiger partial charge in [-0.2, -0.15) is 5.26 Å². The van der Waals surface area contributed by atoms with Crippen LogP contribution in [0.1, 0.15) is 11.3 Å². The van der Waals surface area contributed by atoms with Crippen LogP contribution in [0.5, 0.6) is 11.6 Å². The van der Waals surface area contributed by atoms with Crippen molar-refractivity contribution in [2.75, 3.05) is 7.11 Å². The third-order valence-electron chi connectivity index (χ3n) is 1.97. The number of pyridine rings is 1. The van der Waals surface area contributed by atoms with E-state index in [1.165, 1.54) is 7.11 Å². The Morgan fingerprint density at radius 2 is 2.17 bits per heavy atom. The van der Waals surface area contributed by atoms with Crippen molar-refractivity contribution >= 4 is 11.6 Å². The lowest BCUT2D eigenvalue weighted by molar-refractivity contribution is -0.276. The lowest BCUT2D eigenvalue weighted by atomic mass is 10.1. The molecule has 1 aromatic heterocycles. The maximum Gasteiger partial charge on any atom is 0.574 e. The van der Waals surface area contributed by atoms with Crippen molar-refractivity contribution in [1.82, 2.24) is 4.98 Å². The van der Waals surface area contributed by atoms with Crippen LogP contribution in [0.3, 0.4) is 0 Å². The molecule has 0 amide bonds. The first-order chi connectivity index (χ1) is 8.41. The topological polar surface area (TPSA) is 55.1 Å². The van der Waals surface area contributed by atoms with Gasteiger partial charge in [-0.3, -0.25) is 0 Å². The first-order valence-corrected chi connectivity index (χ1v) is 5.20. The summed E-state index contributed by atoms with van der Waals surface area (Å²) >= 11 is 5.58. The van der Waals surface area contributed by atoms with Crippen LogP contribution < -0.4 is 9.47 Å². The summed E-state index contributed by atoms with van der Waals surface area (Å²) in [6, 6.07) is 2.83. The van der Waals surface area contributed by atoms with Gasteiger partial charge in [0, 0.05) is 11.6 Å². The maximum atomic E-state index is 12.1. The smallest absolute Gasteiger partial charge is 0.496 e. The van der Waals surface area contributed by atoms with Crippen molar-refractivity contribution in [3.8, 4) is 17.7 Å². The van der Waals surface area contributed by atoms with E-state index in [1.54, 1.807) is 0 Å². The Hall–Kier alpha value is -1.68. The molecule has 8 heteroatoms. The van der Waals surface area contributed by atoms with Gasteiger partial charge in [-0.1, -0.05) is 0 Å². The Morgan fingerprint density at radius 3 is 2.61 bits per heavy atom. The van der Waals surface area contributed by atoms with Crippen molar-refractivity contribution < 1.29 is 22.6 Å².